The smallest absolute Gasteiger partial charge is 0.409 e. The van der Waals surface area contributed by atoms with E-state index in [1.165, 1.54) is 0 Å². The van der Waals surface area contributed by atoms with Crippen LogP contribution >= 0.6 is 0 Å². The Hall–Kier alpha value is -2.79. The van der Waals surface area contributed by atoms with E-state index in [0.717, 1.165) is 63.7 Å². The zero-order valence-electron chi connectivity index (χ0n) is 17.0. The Morgan fingerprint density at radius 3 is 2.67 bits per heavy atom. The number of anilines is 2. The number of rotatable bonds is 3. The molecule has 2 heterocycles. The fraction of sp³-hybridized carbons (Fsp3) is 0.591. The average molecular weight is 412 g/mol. The molecule has 4 rings (SSSR count). The molecule has 1 atom stereocenters. The second-order valence-corrected chi connectivity index (χ2v) is 8.79. The predicted molar refractivity (Wildman–Crippen MR) is 111 cm³/mol. The fourth-order valence-electron chi connectivity index (χ4n) is 5.38. The maximum atomic E-state index is 13.5. The van der Waals surface area contributed by atoms with Crippen LogP contribution in [-0.2, 0) is 4.79 Å². The molecular weight excluding hydrogens is 384 g/mol. The third-order valence-electron chi connectivity index (χ3n) is 6.94. The summed E-state index contributed by atoms with van der Waals surface area (Å²) in [6, 6.07) is 7.36. The lowest BCUT2D eigenvalue weighted by atomic mass is 9.78. The minimum atomic E-state index is -1.17. The number of nitriles is 1. The van der Waals surface area contributed by atoms with Gasteiger partial charge in [0.05, 0.1) is 22.8 Å². The summed E-state index contributed by atoms with van der Waals surface area (Å²) in [6.07, 6.45) is 4.40. The van der Waals surface area contributed by atoms with Crippen LogP contribution in [0.5, 0.6) is 0 Å². The van der Waals surface area contributed by atoms with Crippen molar-refractivity contribution in [3.8, 4) is 6.07 Å². The number of nitrogens with one attached hydrogen (secondary N) is 1. The molecule has 2 saturated heterocycles. The number of piperidine rings is 1. The van der Waals surface area contributed by atoms with Gasteiger partial charge in [-0.15, -0.1) is 0 Å². The van der Waals surface area contributed by atoms with Gasteiger partial charge in [-0.1, -0.05) is 0 Å². The first kappa shape index (κ1) is 20.5. The second-order valence-electron chi connectivity index (χ2n) is 8.79. The van der Waals surface area contributed by atoms with E-state index in [0.29, 0.717) is 17.8 Å². The number of benzene rings is 1. The number of hydrogen-bond acceptors (Lipinski definition) is 5. The molecule has 160 valence electrons. The number of carbonyl (C=O) groups is 2. The van der Waals surface area contributed by atoms with E-state index < -0.39 is 11.5 Å². The molecule has 2 amide bonds. The Labute approximate surface area is 176 Å². The van der Waals surface area contributed by atoms with Gasteiger partial charge in [0, 0.05) is 31.4 Å². The topological polar surface area (TPSA) is 117 Å². The van der Waals surface area contributed by atoms with E-state index in [4.69, 9.17) is 5.11 Å². The first-order chi connectivity index (χ1) is 14.4. The summed E-state index contributed by atoms with van der Waals surface area (Å²) < 4.78 is 0. The van der Waals surface area contributed by atoms with E-state index in [9.17, 15) is 20.0 Å². The lowest BCUT2D eigenvalue weighted by Crippen LogP contribution is -2.50. The van der Waals surface area contributed by atoms with Crippen molar-refractivity contribution in [1.82, 2.24) is 4.90 Å². The number of likely N-dealkylation sites (tertiary alicyclic amines) is 1. The Kier molecular flexibility index (Phi) is 5.56. The van der Waals surface area contributed by atoms with Gasteiger partial charge in [-0.05, 0) is 63.1 Å². The van der Waals surface area contributed by atoms with Gasteiger partial charge < -0.3 is 20.0 Å². The van der Waals surface area contributed by atoms with Gasteiger partial charge in [0.15, 0.2) is 0 Å². The lowest BCUT2D eigenvalue weighted by Gasteiger charge is -2.41. The van der Waals surface area contributed by atoms with Crippen LogP contribution in [-0.4, -0.2) is 58.9 Å². The van der Waals surface area contributed by atoms with Gasteiger partial charge >= 0.3 is 6.09 Å². The van der Waals surface area contributed by atoms with Gasteiger partial charge in [-0.2, -0.15) is 5.26 Å². The number of amides is 2. The van der Waals surface area contributed by atoms with E-state index >= 15 is 0 Å². The zero-order valence-corrected chi connectivity index (χ0v) is 17.0. The highest BCUT2D eigenvalue weighted by Gasteiger charge is 2.50. The van der Waals surface area contributed by atoms with Crippen LogP contribution in [0.2, 0.25) is 0 Å². The first-order valence-electron chi connectivity index (χ1n) is 10.7. The molecule has 0 unspecified atom stereocenters. The van der Waals surface area contributed by atoms with E-state index in [2.05, 4.69) is 16.3 Å². The minimum Gasteiger partial charge on any atom is -0.465 e. The van der Waals surface area contributed by atoms with Crippen LogP contribution in [0.1, 0.15) is 50.5 Å². The van der Waals surface area contributed by atoms with Crippen LogP contribution in [0.15, 0.2) is 18.2 Å². The van der Waals surface area contributed by atoms with Gasteiger partial charge in [0.25, 0.3) is 0 Å². The predicted octanol–water partition coefficient (Wildman–Crippen LogP) is 2.77. The average Bonchev–Trinajstić information content (AvgIpc) is 3.03. The third kappa shape index (κ3) is 3.82. The summed E-state index contributed by atoms with van der Waals surface area (Å²) in [5, 5.41) is 30.6. The van der Waals surface area contributed by atoms with Crippen molar-refractivity contribution in [3.63, 3.8) is 0 Å². The largest absolute Gasteiger partial charge is 0.465 e. The normalized spacial score (nSPS) is 29.1. The molecule has 2 aliphatic heterocycles. The zero-order chi connectivity index (χ0) is 21.3. The van der Waals surface area contributed by atoms with E-state index in [-0.39, 0.29) is 18.1 Å². The van der Waals surface area contributed by atoms with Gasteiger partial charge in [0.1, 0.15) is 6.07 Å². The second kappa shape index (κ2) is 8.15. The highest BCUT2D eigenvalue weighted by Crippen LogP contribution is 2.44. The quantitative estimate of drug-likeness (QED) is 0.703. The van der Waals surface area contributed by atoms with E-state index in [1.807, 2.05) is 4.90 Å². The standard InChI is InChI=1S/C22H28N4O4/c23-13-15-12-16(24-21(29)30)2-7-19(15)25-10-1-8-22(14-25)9-11-26(20(22)28)17-3-5-18(27)6-4-17/h2,7,12,17-18,24,27H,1,3-6,8-11,14H2,(H,29,30)/t17-,18-,22-/m1/s1. The fourth-order valence-corrected chi connectivity index (χ4v) is 5.38. The molecule has 3 fully saturated rings. The van der Waals surface area contributed by atoms with Crippen molar-refractivity contribution in [2.75, 3.05) is 29.9 Å². The summed E-state index contributed by atoms with van der Waals surface area (Å²) in [5.74, 6) is 0.219. The van der Waals surface area contributed by atoms with Crippen LogP contribution in [0.3, 0.4) is 0 Å². The molecule has 30 heavy (non-hydrogen) atoms. The summed E-state index contributed by atoms with van der Waals surface area (Å²) in [7, 11) is 0. The highest BCUT2D eigenvalue weighted by atomic mass is 16.4. The molecule has 8 heteroatoms. The number of hydrogen-bond donors (Lipinski definition) is 3. The number of carbonyl (C=O) groups excluding carboxylic acids is 1. The van der Waals surface area contributed by atoms with Crippen molar-refractivity contribution in [2.45, 2.75) is 57.1 Å². The maximum absolute atomic E-state index is 13.5. The highest BCUT2D eigenvalue weighted by molar-refractivity contribution is 5.87. The summed E-state index contributed by atoms with van der Waals surface area (Å²) >= 11 is 0. The van der Waals surface area contributed by atoms with Crippen LogP contribution in [0.25, 0.3) is 0 Å². The molecule has 0 bridgehead atoms. The summed E-state index contributed by atoms with van der Waals surface area (Å²) in [4.78, 5) is 28.5. The van der Waals surface area contributed by atoms with Crippen molar-refractivity contribution in [1.29, 1.82) is 5.26 Å². The van der Waals surface area contributed by atoms with Crippen LogP contribution < -0.4 is 10.2 Å². The lowest BCUT2D eigenvalue weighted by molar-refractivity contribution is -0.139. The first-order valence-corrected chi connectivity index (χ1v) is 10.7. The molecule has 1 aromatic rings. The SMILES string of the molecule is N#Cc1cc(NC(=O)O)ccc1N1CCC[C@@]2(CCN([C@H]3CC[C@H](O)CC3)C2=O)C1. The molecule has 0 radical (unpaired) electrons. The van der Waals surface area contributed by atoms with Crippen molar-refractivity contribution in [3.05, 3.63) is 23.8 Å². The summed E-state index contributed by atoms with van der Waals surface area (Å²) in [5.41, 5.74) is 1.09. The third-order valence-corrected chi connectivity index (χ3v) is 6.94. The molecule has 3 aliphatic rings. The maximum Gasteiger partial charge on any atom is 0.409 e. The molecule has 0 aromatic heterocycles. The Morgan fingerprint density at radius 1 is 1.20 bits per heavy atom. The molecule has 1 spiro atoms. The monoisotopic (exact) mass is 412 g/mol. The van der Waals surface area contributed by atoms with Crippen LogP contribution in [0.4, 0.5) is 16.2 Å². The number of aliphatic hydroxyl groups excluding tert-OH is 1. The van der Waals surface area contributed by atoms with Crippen LogP contribution in [0, 0.1) is 16.7 Å². The van der Waals surface area contributed by atoms with Gasteiger partial charge in [-0.25, -0.2) is 4.79 Å². The summed E-state index contributed by atoms with van der Waals surface area (Å²) in [6.45, 7) is 2.11. The molecule has 8 nitrogen and oxygen atoms in total. The van der Waals surface area contributed by atoms with Crippen molar-refractivity contribution >= 4 is 23.4 Å². The molecule has 1 saturated carbocycles. The van der Waals surface area contributed by atoms with Gasteiger partial charge in [0.2, 0.25) is 5.91 Å². The van der Waals surface area contributed by atoms with E-state index in [1.54, 1.807) is 18.2 Å². The number of nitrogens with zero attached hydrogens (tertiary/aromatic N) is 3. The van der Waals surface area contributed by atoms with Crippen molar-refractivity contribution < 1.29 is 19.8 Å². The van der Waals surface area contributed by atoms with Crippen molar-refractivity contribution in [2.24, 2.45) is 5.41 Å². The Balaban J connectivity index is 1.52. The molecule has 3 N–H and O–H groups in total. The minimum absolute atomic E-state index is 0.219. The molecule has 1 aromatic carbocycles. The Bertz CT molecular complexity index is 874. The Morgan fingerprint density at radius 2 is 1.97 bits per heavy atom. The van der Waals surface area contributed by atoms with Gasteiger partial charge in [-0.3, -0.25) is 10.1 Å². The number of aliphatic hydroxyl groups is 1. The molecule has 1 aliphatic carbocycles. The molecular formula is C22H28N4O4. The number of carboxylic acid groups (broad SMARTS) is 1.